The van der Waals surface area contributed by atoms with E-state index in [1.165, 1.54) is 24.8 Å². The third kappa shape index (κ3) is 5.03. The fourth-order valence-electron chi connectivity index (χ4n) is 4.91. The van der Waals surface area contributed by atoms with Crippen LogP contribution >= 0.6 is 0 Å². The standard InChI is InChI=1S/C30H27FN6O3/c1-18(19-5-9-21(31)10-6-19)39-30(38)36-22-11-7-20(8-12-22)28-27(32)25-14-13-24(40-29-34-16-33-17-35-29)15-26(25)37(28)23-3-2-4-23/h5-18,23H,2-4,32H2,1H3,(H,36,38). The van der Waals surface area contributed by atoms with Crippen molar-refractivity contribution in [1.29, 1.82) is 0 Å². The Morgan fingerprint density at radius 1 is 1.05 bits per heavy atom. The first-order valence-electron chi connectivity index (χ1n) is 13.0. The molecule has 3 aromatic carbocycles. The summed E-state index contributed by atoms with van der Waals surface area (Å²) in [5.74, 6) is 0.266. The van der Waals surface area contributed by atoms with Crippen molar-refractivity contribution in [3.05, 3.63) is 90.8 Å². The van der Waals surface area contributed by atoms with Crippen molar-refractivity contribution in [1.82, 2.24) is 19.5 Å². The van der Waals surface area contributed by atoms with Crippen LogP contribution in [0.15, 0.2) is 79.4 Å². The van der Waals surface area contributed by atoms with E-state index >= 15 is 0 Å². The molecule has 0 aliphatic heterocycles. The zero-order chi connectivity index (χ0) is 27.6. The predicted octanol–water partition coefficient (Wildman–Crippen LogP) is 7.04. The van der Waals surface area contributed by atoms with Gasteiger partial charge in [-0.2, -0.15) is 9.97 Å². The summed E-state index contributed by atoms with van der Waals surface area (Å²) in [6, 6.07) is 19.7. The van der Waals surface area contributed by atoms with Crippen LogP contribution in [0.5, 0.6) is 11.8 Å². The Labute approximate surface area is 229 Å². The minimum atomic E-state index is -0.599. The normalized spacial score (nSPS) is 13.9. The van der Waals surface area contributed by atoms with Crippen molar-refractivity contribution in [2.45, 2.75) is 38.3 Å². The van der Waals surface area contributed by atoms with Gasteiger partial charge < -0.3 is 19.8 Å². The number of amides is 1. The molecule has 5 aromatic rings. The molecule has 2 heterocycles. The van der Waals surface area contributed by atoms with E-state index in [9.17, 15) is 9.18 Å². The van der Waals surface area contributed by atoms with E-state index in [1.54, 1.807) is 19.1 Å². The number of hydrogen-bond donors (Lipinski definition) is 2. The molecule has 1 unspecified atom stereocenters. The molecule has 1 aliphatic rings. The zero-order valence-corrected chi connectivity index (χ0v) is 21.8. The highest BCUT2D eigenvalue weighted by Crippen LogP contribution is 2.45. The van der Waals surface area contributed by atoms with Crippen LogP contribution in [0.3, 0.4) is 0 Å². The van der Waals surface area contributed by atoms with Gasteiger partial charge in [0.2, 0.25) is 0 Å². The molecule has 202 valence electrons. The lowest BCUT2D eigenvalue weighted by Crippen LogP contribution is -2.18. The lowest BCUT2D eigenvalue weighted by atomic mass is 9.92. The Bertz CT molecular complexity index is 1650. The van der Waals surface area contributed by atoms with Crippen molar-refractivity contribution < 1.29 is 18.7 Å². The maximum Gasteiger partial charge on any atom is 0.412 e. The van der Waals surface area contributed by atoms with Gasteiger partial charge in [-0.05, 0) is 68.1 Å². The second kappa shape index (κ2) is 10.6. The number of nitrogens with zero attached hydrogens (tertiary/aromatic N) is 4. The fourth-order valence-corrected chi connectivity index (χ4v) is 4.91. The second-order valence-corrected chi connectivity index (χ2v) is 9.72. The Hall–Kier alpha value is -4.99. The summed E-state index contributed by atoms with van der Waals surface area (Å²) in [7, 11) is 0. The SMILES string of the molecule is CC(OC(=O)Nc1ccc(-c2c(N)c3ccc(Oc4ncncn4)cc3n2C2CCC2)cc1)c1ccc(F)cc1. The molecule has 1 saturated carbocycles. The van der Waals surface area contributed by atoms with E-state index in [1.807, 2.05) is 42.5 Å². The number of rotatable bonds is 7. The summed E-state index contributed by atoms with van der Waals surface area (Å²) in [6.45, 7) is 1.73. The summed E-state index contributed by atoms with van der Waals surface area (Å²) >= 11 is 0. The molecule has 2 aromatic heterocycles. The van der Waals surface area contributed by atoms with Crippen LogP contribution in [0.2, 0.25) is 0 Å². The summed E-state index contributed by atoms with van der Waals surface area (Å²) in [4.78, 5) is 24.4. The van der Waals surface area contributed by atoms with Crippen LogP contribution in [0, 0.1) is 5.82 Å². The largest absolute Gasteiger partial charge is 0.441 e. The Morgan fingerprint density at radius 2 is 1.77 bits per heavy atom. The maximum atomic E-state index is 13.2. The van der Waals surface area contributed by atoms with Crippen LogP contribution in [-0.2, 0) is 4.74 Å². The third-order valence-corrected chi connectivity index (χ3v) is 7.16. The lowest BCUT2D eigenvalue weighted by molar-refractivity contribution is 0.121. The number of halogens is 1. The summed E-state index contributed by atoms with van der Waals surface area (Å²) in [6.07, 6.45) is 4.93. The minimum absolute atomic E-state index is 0.220. The van der Waals surface area contributed by atoms with E-state index in [4.69, 9.17) is 15.2 Å². The number of carbonyl (C=O) groups excluding carboxylic acids is 1. The van der Waals surface area contributed by atoms with Crippen molar-refractivity contribution in [3.63, 3.8) is 0 Å². The van der Waals surface area contributed by atoms with E-state index in [2.05, 4.69) is 24.8 Å². The molecular formula is C30H27FN6O3. The number of carbonyl (C=O) groups is 1. The van der Waals surface area contributed by atoms with Crippen LogP contribution < -0.4 is 15.8 Å². The average molecular weight is 539 g/mol. The highest BCUT2D eigenvalue weighted by Gasteiger charge is 2.27. The smallest absolute Gasteiger partial charge is 0.412 e. The number of anilines is 2. The number of nitrogens with one attached hydrogen (secondary N) is 1. The topological polar surface area (TPSA) is 117 Å². The first-order valence-corrected chi connectivity index (χ1v) is 13.0. The highest BCUT2D eigenvalue weighted by molar-refractivity contribution is 6.01. The molecule has 10 heteroatoms. The van der Waals surface area contributed by atoms with Gasteiger partial charge in [0.05, 0.1) is 16.9 Å². The molecule has 1 atom stereocenters. The number of hydrogen-bond acceptors (Lipinski definition) is 7. The number of nitrogen functional groups attached to an aromatic ring is 1. The van der Waals surface area contributed by atoms with Gasteiger partial charge in [-0.1, -0.05) is 24.3 Å². The molecule has 0 bridgehead atoms. The third-order valence-electron chi connectivity index (χ3n) is 7.16. The van der Waals surface area contributed by atoms with Gasteiger partial charge in [0.25, 0.3) is 0 Å². The fraction of sp³-hybridized carbons (Fsp3) is 0.200. The van der Waals surface area contributed by atoms with E-state index in [-0.39, 0.29) is 11.8 Å². The maximum absolute atomic E-state index is 13.2. The minimum Gasteiger partial charge on any atom is -0.441 e. The Morgan fingerprint density at radius 3 is 2.45 bits per heavy atom. The number of ether oxygens (including phenoxy) is 2. The zero-order valence-electron chi connectivity index (χ0n) is 21.8. The number of nitrogens with two attached hydrogens (primary N) is 1. The molecular weight excluding hydrogens is 511 g/mol. The van der Waals surface area contributed by atoms with Gasteiger partial charge in [-0.15, -0.1) is 0 Å². The first-order chi connectivity index (χ1) is 19.5. The predicted molar refractivity (Wildman–Crippen MR) is 149 cm³/mol. The number of benzene rings is 3. The first kappa shape index (κ1) is 25.3. The van der Waals surface area contributed by atoms with E-state index < -0.39 is 12.2 Å². The van der Waals surface area contributed by atoms with Gasteiger partial charge in [-0.25, -0.2) is 14.2 Å². The molecule has 1 amide bonds. The molecule has 0 saturated heterocycles. The molecule has 1 aliphatic carbocycles. The number of fused-ring (bicyclic) bond motifs is 1. The monoisotopic (exact) mass is 538 g/mol. The second-order valence-electron chi connectivity index (χ2n) is 9.72. The lowest BCUT2D eigenvalue weighted by Gasteiger charge is -2.30. The van der Waals surface area contributed by atoms with Crippen molar-refractivity contribution in [2.24, 2.45) is 0 Å². The summed E-state index contributed by atoms with van der Waals surface area (Å²) in [5.41, 5.74) is 11.5. The van der Waals surface area contributed by atoms with Crippen molar-refractivity contribution in [3.8, 4) is 23.0 Å². The number of aromatic nitrogens is 4. The van der Waals surface area contributed by atoms with Gasteiger partial charge in [-0.3, -0.25) is 5.32 Å². The van der Waals surface area contributed by atoms with E-state index in [0.29, 0.717) is 28.7 Å². The molecule has 6 rings (SSSR count). The van der Waals surface area contributed by atoms with Gasteiger partial charge >= 0.3 is 12.1 Å². The molecule has 0 spiro atoms. The average Bonchev–Trinajstić information content (AvgIpc) is 3.20. The van der Waals surface area contributed by atoms with E-state index in [0.717, 1.165) is 41.4 Å². The Kier molecular flexibility index (Phi) is 6.73. The summed E-state index contributed by atoms with van der Waals surface area (Å²) in [5, 5.41) is 3.69. The van der Waals surface area contributed by atoms with Gasteiger partial charge in [0, 0.05) is 28.7 Å². The molecule has 3 N–H and O–H groups in total. The summed E-state index contributed by atoms with van der Waals surface area (Å²) < 4.78 is 26.8. The van der Waals surface area contributed by atoms with Crippen LogP contribution in [0.25, 0.3) is 22.2 Å². The van der Waals surface area contributed by atoms with Crippen LogP contribution in [-0.4, -0.2) is 25.6 Å². The molecule has 0 radical (unpaired) electrons. The van der Waals surface area contributed by atoms with Gasteiger partial charge in [0.15, 0.2) is 0 Å². The van der Waals surface area contributed by atoms with Crippen LogP contribution in [0.1, 0.15) is 43.9 Å². The van der Waals surface area contributed by atoms with Crippen molar-refractivity contribution >= 4 is 28.4 Å². The van der Waals surface area contributed by atoms with Crippen LogP contribution in [0.4, 0.5) is 20.6 Å². The Balaban J connectivity index is 1.25. The van der Waals surface area contributed by atoms with Crippen molar-refractivity contribution in [2.75, 3.05) is 11.1 Å². The highest BCUT2D eigenvalue weighted by atomic mass is 19.1. The van der Waals surface area contributed by atoms with Gasteiger partial charge in [0.1, 0.15) is 30.3 Å². The molecule has 40 heavy (non-hydrogen) atoms. The molecule has 9 nitrogen and oxygen atoms in total. The quantitative estimate of drug-likeness (QED) is 0.228. The molecule has 1 fully saturated rings.